The highest BCUT2D eigenvalue weighted by Crippen LogP contribution is 2.16. The zero-order chi connectivity index (χ0) is 22.6. The summed E-state index contributed by atoms with van der Waals surface area (Å²) in [7, 11) is 0. The lowest BCUT2D eigenvalue weighted by Gasteiger charge is -2.31. The number of ether oxygens (including phenoxy) is 1. The summed E-state index contributed by atoms with van der Waals surface area (Å²) in [5.41, 5.74) is 8.09. The third kappa shape index (κ3) is 8.07. The van der Waals surface area contributed by atoms with Crippen molar-refractivity contribution < 1.29 is 9.53 Å². The van der Waals surface area contributed by atoms with Crippen molar-refractivity contribution in [2.24, 2.45) is 16.6 Å². The van der Waals surface area contributed by atoms with Gasteiger partial charge >= 0.3 is 0 Å². The number of primary amides is 1. The molecule has 2 aliphatic rings. The van der Waals surface area contributed by atoms with E-state index in [2.05, 4.69) is 51.6 Å². The van der Waals surface area contributed by atoms with E-state index in [0.717, 1.165) is 90.8 Å². The molecule has 2 saturated heterocycles. The number of nitrogens with two attached hydrogens (primary N) is 1. The molecule has 0 spiro atoms. The van der Waals surface area contributed by atoms with Gasteiger partial charge in [0, 0.05) is 39.3 Å². The first-order chi connectivity index (χ1) is 15.7. The number of likely N-dealkylation sites (tertiary alicyclic amines) is 1. The van der Waals surface area contributed by atoms with Crippen LogP contribution in [0.4, 0.5) is 0 Å². The molecule has 0 radical (unpaired) electrons. The van der Waals surface area contributed by atoms with Crippen LogP contribution in [0.3, 0.4) is 0 Å². The Hall–Kier alpha value is -2.16. The molecule has 8 heteroatoms. The number of hydrogen-bond donors (Lipinski definition) is 3. The summed E-state index contributed by atoms with van der Waals surface area (Å²) in [6, 6.07) is 8.58. The highest BCUT2D eigenvalue weighted by atomic mass is 16.5. The topological polar surface area (TPSA) is 95.2 Å². The average molecular weight is 445 g/mol. The van der Waals surface area contributed by atoms with Crippen molar-refractivity contribution in [3.05, 3.63) is 35.4 Å². The van der Waals surface area contributed by atoms with Gasteiger partial charge in [0.2, 0.25) is 5.91 Å². The first-order valence-corrected chi connectivity index (χ1v) is 12.1. The van der Waals surface area contributed by atoms with E-state index in [9.17, 15) is 4.79 Å². The Labute approximate surface area is 192 Å². The Bertz CT molecular complexity index is 735. The van der Waals surface area contributed by atoms with Gasteiger partial charge in [0.1, 0.15) is 0 Å². The van der Waals surface area contributed by atoms with Crippen molar-refractivity contribution in [2.45, 2.75) is 39.3 Å². The van der Waals surface area contributed by atoms with Crippen LogP contribution in [0.15, 0.2) is 29.3 Å². The number of rotatable bonds is 10. The summed E-state index contributed by atoms with van der Waals surface area (Å²) in [5, 5.41) is 6.81. The van der Waals surface area contributed by atoms with Crippen molar-refractivity contribution in [3.8, 4) is 0 Å². The van der Waals surface area contributed by atoms with E-state index in [1.54, 1.807) is 0 Å². The van der Waals surface area contributed by atoms with Crippen LogP contribution >= 0.6 is 0 Å². The van der Waals surface area contributed by atoms with Gasteiger partial charge in [0.05, 0.1) is 25.7 Å². The zero-order valence-electron chi connectivity index (χ0n) is 19.5. The van der Waals surface area contributed by atoms with Gasteiger partial charge in [0.25, 0.3) is 0 Å². The van der Waals surface area contributed by atoms with Gasteiger partial charge in [-0.2, -0.15) is 0 Å². The normalized spacial score (nSPS) is 20.8. The fraction of sp³-hybridized carbons (Fsp3) is 0.667. The maximum atomic E-state index is 11.5. The van der Waals surface area contributed by atoms with Crippen LogP contribution < -0.4 is 16.4 Å². The second kappa shape index (κ2) is 13.4. The van der Waals surface area contributed by atoms with Gasteiger partial charge in [-0.05, 0) is 50.4 Å². The van der Waals surface area contributed by atoms with Crippen molar-refractivity contribution in [1.29, 1.82) is 0 Å². The fourth-order valence-electron chi connectivity index (χ4n) is 4.37. The smallest absolute Gasteiger partial charge is 0.221 e. The molecule has 1 amide bonds. The van der Waals surface area contributed by atoms with Gasteiger partial charge in [0.15, 0.2) is 5.96 Å². The van der Waals surface area contributed by atoms with Crippen LogP contribution in [-0.2, 0) is 22.6 Å². The van der Waals surface area contributed by atoms with Gasteiger partial charge < -0.3 is 26.0 Å². The minimum Gasteiger partial charge on any atom is -0.379 e. The highest BCUT2D eigenvalue weighted by Gasteiger charge is 2.23. The number of guanidine groups is 1. The Morgan fingerprint density at radius 3 is 2.69 bits per heavy atom. The van der Waals surface area contributed by atoms with E-state index in [4.69, 9.17) is 15.5 Å². The van der Waals surface area contributed by atoms with Crippen molar-refractivity contribution in [1.82, 2.24) is 20.4 Å². The number of carbonyl (C=O) groups excluding carboxylic acids is 1. The molecule has 0 aromatic heterocycles. The molecule has 1 aromatic carbocycles. The SMILES string of the molecule is CCNC(=NCc1ccccc1CN1CCOCC1)NCCCN1CCCC(C(N)=O)C1. The first-order valence-electron chi connectivity index (χ1n) is 12.1. The quantitative estimate of drug-likeness (QED) is 0.285. The Morgan fingerprint density at radius 2 is 1.94 bits per heavy atom. The van der Waals surface area contributed by atoms with E-state index >= 15 is 0 Å². The standard InChI is InChI=1S/C24H40N6O2/c1-2-26-24(27-10-6-12-29-11-5-9-22(19-29)23(25)31)28-17-20-7-3-4-8-21(20)18-30-13-15-32-16-14-30/h3-4,7-8,22H,2,5-6,9-19H2,1H3,(H2,25,31)(H2,26,27,28). The predicted octanol–water partition coefficient (Wildman–Crippen LogP) is 1.16. The summed E-state index contributed by atoms with van der Waals surface area (Å²) >= 11 is 0. The van der Waals surface area contributed by atoms with E-state index in [0.29, 0.717) is 6.54 Å². The van der Waals surface area contributed by atoms with Gasteiger partial charge in [-0.1, -0.05) is 24.3 Å². The van der Waals surface area contributed by atoms with Gasteiger partial charge in [-0.25, -0.2) is 4.99 Å². The highest BCUT2D eigenvalue weighted by molar-refractivity contribution is 5.79. The van der Waals surface area contributed by atoms with E-state index in [-0.39, 0.29) is 11.8 Å². The minimum atomic E-state index is -0.164. The van der Waals surface area contributed by atoms with Crippen LogP contribution in [0.2, 0.25) is 0 Å². The molecule has 32 heavy (non-hydrogen) atoms. The summed E-state index contributed by atoms with van der Waals surface area (Å²) in [6.07, 6.45) is 2.98. The lowest BCUT2D eigenvalue weighted by Crippen LogP contribution is -2.43. The van der Waals surface area contributed by atoms with Gasteiger partial charge in [-0.3, -0.25) is 9.69 Å². The van der Waals surface area contributed by atoms with Crippen LogP contribution in [0.25, 0.3) is 0 Å². The molecular formula is C24H40N6O2. The second-order valence-corrected chi connectivity index (χ2v) is 8.67. The maximum Gasteiger partial charge on any atom is 0.221 e. The molecule has 2 fully saturated rings. The average Bonchev–Trinajstić information content (AvgIpc) is 2.82. The van der Waals surface area contributed by atoms with Crippen LogP contribution in [0.1, 0.15) is 37.3 Å². The lowest BCUT2D eigenvalue weighted by molar-refractivity contribution is -0.123. The number of morpholine rings is 1. The van der Waals surface area contributed by atoms with E-state index < -0.39 is 0 Å². The maximum absolute atomic E-state index is 11.5. The fourth-order valence-corrected chi connectivity index (χ4v) is 4.37. The third-order valence-corrected chi connectivity index (χ3v) is 6.22. The second-order valence-electron chi connectivity index (χ2n) is 8.67. The number of hydrogen-bond acceptors (Lipinski definition) is 5. The molecule has 0 aliphatic carbocycles. The Kier molecular flexibility index (Phi) is 10.3. The van der Waals surface area contributed by atoms with Gasteiger partial charge in [-0.15, -0.1) is 0 Å². The molecule has 2 heterocycles. The summed E-state index contributed by atoms with van der Waals surface area (Å²) in [5.74, 6) is 0.693. The van der Waals surface area contributed by atoms with Crippen LogP contribution in [0, 0.1) is 5.92 Å². The molecule has 8 nitrogen and oxygen atoms in total. The minimum absolute atomic E-state index is 0.00752. The number of aliphatic imine (C=N–C) groups is 1. The number of piperidine rings is 1. The number of nitrogens with zero attached hydrogens (tertiary/aromatic N) is 3. The molecule has 0 saturated carbocycles. The molecular weight excluding hydrogens is 404 g/mol. The molecule has 4 N–H and O–H groups in total. The largest absolute Gasteiger partial charge is 0.379 e. The lowest BCUT2D eigenvalue weighted by atomic mass is 9.97. The van der Waals surface area contributed by atoms with E-state index in [1.165, 1.54) is 11.1 Å². The number of amides is 1. The number of benzene rings is 1. The summed E-state index contributed by atoms with van der Waals surface area (Å²) in [4.78, 5) is 21.1. The number of nitrogens with one attached hydrogen (secondary N) is 2. The summed E-state index contributed by atoms with van der Waals surface area (Å²) in [6.45, 7) is 11.8. The van der Waals surface area contributed by atoms with E-state index in [1.807, 2.05) is 0 Å². The van der Waals surface area contributed by atoms with Crippen LogP contribution in [-0.4, -0.2) is 80.7 Å². The Balaban J connectivity index is 1.47. The number of carbonyl (C=O) groups is 1. The monoisotopic (exact) mass is 444 g/mol. The van der Waals surface area contributed by atoms with Crippen molar-refractivity contribution in [3.63, 3.8) is 0 Å². The molecule has 0 bridgehead atoms. The summed E-state index contributed by atoms with van der Waals surface area (Å²) < 4.78 is 5.47. The first kappa shape index (κ1) is 24.5. The van der Waals surface area contributed by atoms with Crippen molar-refractivity contribution in [2.75, 3.05) is 59.0 Å². The zero-order valence-corrected chi connectivity index (χ0v) is 19.5. The Morgan fingerprint density at radius 1 is 1.16 bits per heavy atom. The molecule has 2 aliphatic heterocycles. The molecule has 3 rings (SSSR count). The predicted molar refractivity (Wildman–Crippen MR) is 128 cm³/mol. The molecule has 1 unspecified atom stereocenters. The molecule has 178 valence electrons. The molecule has 1 atom stereocenters. The third-order valence-electron chi connectivity index (χ3n) is 6.22. The molecule has 1 aromatic rings. The van der Waals surface area contributed by atoms with Crippen LogP contribution in [0.5, 0.6) is 0 Å². The van der Waals surface area contributed by atoms with Crippen molar-refractivity contribution >= 4 is 11.9 Å².